The van der Waals surface area contributed by atoms with Crippen LogP contribution in [0.4, 0.5) is 5.95 Å². The predicted octanol–water partition coefficient (Wildman–Crippen LogP) is 1.05. The molecule has 0 aliphatic carbocycles. The van der Waals surface area contributed by atoms with Crippen molar-refractivity contribution in [2.45, 2.75) is 38.7 Å². The average Bonchev–Trinajstić information content (AvgIpc) is 3.34. The minimum atomic E-state index is -0.864. The van der Waals surface area contributed by atoms with Crippen LogP contribution >= 0.6 is 0 Å². The molecule has 0 bridgehead atoms. The molecule has 0 unspecified atom stereocenters. The van der Waals surface area contributed by atoms with Crippen molar-refractivity contribution >= 4 is 28.9 Å². The Kier molecular flexibility index (Phi) is 5.76. The van der Waals surface area contributed by atoms with E-state index in [4.69, 9.17) is 15.2 Å². The number of hydrogen-bond acceptors (Lipinski definition) is 9. The first-order chi connectivity index (χ1) is 15.3. The summed E-state index contributed by atoms with van der Waals surface area (Å²) in [6, 6.07) is 8.43. The van der Waals surface area contributed by atoms with Crippen LogP contribution in [0.5, 0.6) is 0 Å². The minimum absolute atomic E-state index is 0.0182. The van der Waals surface area contributed by atoms with E-state index >= 15 is 0 Å². The van der Waals surface area contributed by atoms with Gasteiger partial charge >= 0.3 is 5.97 Å². The number of H-pyrrole nitrogens is 1. The summed E-state index contributed by atoms with van der Waals surface area (Å²) in [4.78, 5) is 48.4. The molecule has 0 saturated carbocycles. The zero-order chi connectivity index (χ0) is 23.0. The van der Waals surface area contributed by atoms with Crippen LogP contribution in [0.15, 0.2) is 35.1 Å². The number of nitrogens with one attached hydrogen (secondary N) is 1. The van der Waals surface area contributed by atoms with Gasteiger partial charge in [0, 0.05) is 12.3 Å². The third-order valence-electron chi connectivity index (χ3n) is 5.23. The van der Waals surface area contributed by atoms with Gasteiger partial charge < -0.3 is 20.3 Å². The molecule has 168 valence electrons. The van der Waals surface area contributed by atoms with E-state index in [0.29, 0.717) is 5.56 Å². The number of aromatic nitrogens is 4. The van der Waals surface area contributed by atoms with Crippen molar-refractivity contribution in [3.63, 3.8) is 0 Å². The van der Waals surface area contributed by atoms with E-state index in [9.17, 15) is 19.5 Å². The van der Waals surface area contributed by atoms with E-state index in [2.05, 4.69) is 15.0 Å². The quantitative estimate of drug-likeness (QED) is 0.375. The molecule has 0 spiro atoms. The van der Waals surface area contributed by atoms with E-state index in [1.165, 1.54) is 4.57 Å². The van der Waals surface area contributed by atoms with Crippen LogP contribution in [-0.2, 0) is 9.47 Å². The zero-order valence-electron chi connectivity index (χ0n) is 17.5. The van der Waals surface area contributed by atoms with Crippen molar-refractivity contribution in [3.05, 3.63) is 52.1 Å². The summed E-state index contributed by atoms with van der Waals surface area (Å²) in [7, 11) is 0. The number of anilines is 1. The minimum Gasteiger partial charge on any atom is -0.456 e. The summed E-state index contributed by atoms with van der Waals surface area (Å²) in [5.74, 6) is -1.46. The van der Waals surface area contributed by atoms with Crippen LogP contribution in [0.25, 0.3) is 11.2 Å². The fourth-order valence-corrected chi connectivity index (χ4v) is 3.63. The lowest BCUT2D eigenvalue weighted by Gasteiger charge is -2.17. The largest absolute Gasteiger partial charge is 0.456 e. The van der Waals surface area contributed by atoms with Gasteiger partial charge in [-0.25, -0.2) is 9.78 Å². The summed E-state index contributed by atoms with van der Waals surface area (Å²) < 4.78 is 12.9. The number of nitrogen functional groups attached to an aromatic ring is 1. The second kappa shape index (κ2) is 8.52. The lowest BCUT2D eigenvalue weighted by Crippen LogP contribution is -2.30. The molecule has 11 nitrogen and oxygen atoms in total. The summed E-state index contributed by atoms with van der Waals surface area (Å²) in [5.41, 5.74) is 5.49. The fraction of sp³-hybridized carbons (Fsp3) is 0.381. The van der Waals surface area contributed by atoms with Crippen molar-refractivity contribution in [2.75, 3.05) is 12.3 Å². The van der Waals surface area contributed by atoms with E-state index in [-0.39, 0.29) is 35.1 Å². The highest BCUT2D eigenvalue weighted by Crippen LogP contribution is 2.34. The Bertz CT molecular complexity index is 1220. The Hall–Kier alpha value is -3.57. The SMILES string of the molecule is CC(C)C(=O)c1nc2c(=O)[nH]c(N)nc2n1[C@@H]1C[C@@H](OC(=O)c2ccccc2)[C@@H](CO)O1. The lowest BCUT2D eigenvalue weighted by molar-refractivity contribution is -0.0504. The number of rotatable bonds is 6. The average molecular weight is 441 g/mol. The van der Waals surface area contributed by atoms with Crippen LogP contribution in [0, 0.1) is 5.92 Å². The number of carbonyl (C=O) groups is 2. The molecule has 1 saturated heterocycles. The molecule has 3 atom stereocenters. The van der Waals surface area contributed by atoms with Crippen LogP contribution in [0.2, 0.25) is 0 Å². The number of hydrogen-bond donors (Lipinski definition) is 3. The first-order valence-corrected chi connectivity index (χ1v) is 10.1. The molecule has 3 aromatic rings. The van der Waals surface area contributed by atoms with Gasteiger partial charge in [0.1, 0.15) is 18.4 Å². The smallest absolute Gasteiger partial charge is 0.338 e. The summed E-state index contributed by atoms with van der Waals surface area (Å²) in [6.45, 7) is 2.99. The van der Waals surface area contributed by atoms with Gasteiger partial charge in [0.05, 0.1) is 12.2 Å². The molecule has 1 aliphatic heterocycles. The number of nitrogens with two attached hydrogens (primary N) is 1. The fourth-order valence-electron chi connectivity index (χ4n) is 3.63. The van der Waals surface area contributed by atoms with Crippen LogP contribution in [0.1, 0.15) is 47.5 Å². The van der Waals surface area contributed by atoms with Crippen LogP contribution in [-0.4, -0.2) is 55.2 Å². The second-order valence-corrected chi connectivity index (χ2v) is 7.80. The lowest BCUT2D eigenvalue weighted by atomic mass is 10.1. The monoisotopic (exact) mass is 441 g/mol. The number of ether oxygens (including phenoxy) is 2. The number of nitrogens with zero attached hydrogens (tertiary/aromatic N) is 3. The third kappa shape index (κ3) is 3.87. The van der Waals surface area contributed by atoms with Crippen molar-refractivity contribution in [1.82, 2.24) is 19.5 Å². The molecule has 4 rings (SSSR count). The molecule has 1 aliphatic rings. The van der Waals surface area contributed by atoms with Crippen LogP contribution in [0.3, 0.4) is 0 Å². The molecule has 2 aromatic heterocycles. The zero-order valence-corrected chi connectivity index (χ0v) is 17.5. The van der Waals surface area contributed by atoms with Crippen LogP contribution < -0.4 is 11.3 Å². The van der Waals surface area contributed by atoms with Gasteiger partial charge in [-0.05, 0) is 12.1 Å². The van der Waals surface area contributed by atoms with Gasteiger partial charge in [0.15, 0.2) is 17.0 Å². The topological polar surface area (TPSA) is 162 Å². The summed E-state index contributed by atoms with van der Waals surface area (Å²) >= 11 is 0. The number of esters is 1. The maximum atomic E-state index is 12.8. The van der Waals surface area contributed by atoms with Crippen molar-refractivity contribution in [2.24, 2.45) is 5.92 Å². The van der Waals surface area contributed by atoms with Gasteiger partial charge in [-0.15, -0.1) is 0 Å². The van der Waals surface area contributed by atoms with E-state index < -0.39 is 42.5 Å². The number of Topliss-reactive ketones (excluding diaryl/α,β-unsaturated/α-hetero) is 1. The van der Waals surface area contributed by atoms with Crippen molar-refractivity contribution < 1.29 is 24.2 Å². The molecule has 32 heavy (non-hydrogen) atoms. The second-order valence-electron chi connectivity index (χ2n) is 7.80. The Labute approximate surface area is 182 Å². The highest BCUT2D eigenvalue weighted by molar-refractivity contribution is 5.97. The number of ketones is 1. The van der Waals surface area contributed by atoms with Gasteiger partial charge in [-0.1, -0.05) is 32.0 Å². The number of imidazole rings is 1. The Morgan fingerprint density at radius 3 is 2.69 bits per heavy atom. The summed E-state index contributed by atoms with van der Waals surface area (Å²) in [5, 5.41) is 9.80. The Morgan fingerprint density at radius 2 is 2.03 bits per heavy atom. The van der Waals surface area contributed by atoms with E-state index in [1.807, 2.05) is 0 Å². The molecular formula is C21H23N5O6. The standard InChI is InChI=1S/C21H23N5O6/c1-10(2)16(28)18-23-15-17(24-21(22)25-19(15)29)26(18)14-8-12(13(9-27)31-14)32-20(30)11-6-4-3-5-7-11/h3-7,10,12-14,27H,8-9H2,1-2H3,(H3,22,24,25,29)/t12-,13-,14+/m1/s1. The molecule has 3 heterocycles. The van der Waals surface area contributed by atoms with Gasteiger partial charge in [0.2, 0.25) is 11.7 Å². The van der Waals surface area contributed by atoms with Gasteiger partial charge in [0.25, 0.3) is 5.56 Å². The molecule has 1 fully saturated rings. The number of aliphatic hydroxyl groups is 1. The number of fused-ring (bicyclic) bond motifs is 1. The highest BCUT2D eigenvalue weighted by atomic mass is 16.6. The van der Waals surface area contributed by atoms with E-state index in [0.717, 1.165) is 0 Å². The number of aromatic amines is 1. The van der Waals surface area contributed by atoms with Crippen molar-refractivity contribution in [1.29, 1.82) is 0 Å². The highest BCUT2D eigenvalue weighted by Gasteiger charge is 2.41. The Balaban J connectivity index is 1.72. The Morgan fingerprint density at radius 1 is 1.31 bits per heavy atom. The number of benzene rings is 1. The molecule has 1 aromatic carbocycles. The maximum Gasteiger partial charge on any atom is 0.338 e. The van der Waals surface area contributed by atoms with Gasteiger partial charge in [-0.2, -0.15) is 4.98 Å². The first-order valence-electron chi connectivity index (χ1n) is 10.1. The normalized spacial score (nSPS) is 20.7. The molecule has 0 amide bonds. The molecule has 0 radical (unpaired) electrons. The van der Waals surface area contributed by atoms with Crippen molar-refractivity contribution in [3.8, 4) is 0 Å². The van der Waals surface area contributed by atoms with E-state index in [1.54, 1.807) is 44.2 Å². The molecule has 4 N–H and O–H groups in total. The molecule has 11 heteroatoms. The number of aliphatic hydroxyl groups excluding tert-OH is 1. The number of carbonyl (C=O) groups excluding carboxylic acids is 2. The maximum absolute atomic E-state index is 12.8. The first kappa shape index (κ1) is 21.7. The summed E-state index contributed by atoms with van der Waals surface area (Å²) in [6.07, 6.45) is -2.39. The predicted molar refractivity (Wildman–Crippen MR) is 113 cm³/mol. The molecular weight excluding hydrogens is 418 g/mol. The van der Waals surface area contributed by atoms with Gasteiger partial charge in [-0.3, -0.25) is 19.1 Å². The third-order valence-corrected chi connectivity index (χ3v) is 5.23.